The fourth-order valence-electron chi connectivity index (χ4n) is 8.53. The number of hydrogen-bond acceptors (Lipinski definition) is 4. The lowest BCUT2D eigenvalue weighted by Crippen LogP contribution is -2.62. The van der Waals surface area contributed by atoms with Crippen LogP contribution in [0.4, 0.5) is 10.5 Å². The molecule has 200 valence electrons. The van der Waals surface area contributed by atoms with Crippen LogP contribution in [0.5, 0.6) is 0 Å². The summed E-state index contributed by atoms with van der Waals surface area (Å²) in [6.45, 7) is 2.62. The van der Waals surface area contributed by atoms with Crippen molar-refractivity contribution in [3.63, 3.8) is 0 Å². The summed E-state index contributed by atoms with van der Waals surface area (Å²) in [5.41, 5.74) is 2.30. The number of carbonyl (C=O) groups excluding carboxylic acids is 2. The molecule has 6 fully saturated rings. The van der Waals surface area contributed by atoms with Gasteiger partial charge < -0.3 is 14.9 Å². The van der Waals surface area contributed by atoms with E-state index in [2.05, 4.69) is 9.88 Å². The van der Waals surface area contributed by atoms with Gasteiger partial charge in [0, 0.05) is 61.2 Å². The SMILES string of the molecule is O=C1N(Cc2cccnc2)CCN1c1ccc(CC2CCN(C3C4CC5CC3CC(O)(C5)C4)C2=O)c(Cl)c1. The second-order valence-electron chi connectivity index (χ2n) is 12.4. The quantitative estimate of drug-likeness (QED) is 0.591. The molecule has 0 radical (unpaired) electrons. The molecule has 3 unspecified atom stereocenters. The molecule has 1 N–H and O–H groups in total. The molecule has 1 aromatic heterocycles. The number of aliphatic hydroxyl groups is 1. The monoisotopic (exact) mass is 534 g/mol. The van der Waals surface area contributed by atoms with Crippen molar-refractivity contribution in [2.75, 3.05) is 24.5 Å². The largest absolute Gasteiger partial charge is 0.390 e. The number of amides is 3. The zero-order valence-corrected chi connectivity index (χ0v) is 22.4. The summed E-state index contributed by atoms with van der Waals surface area (Å²) in [5, 5.41) is 11.6. The molecule has 2 aromatic rings. The molecule has 7 nitrogen and oxygen atoms in total. The van der Waals surface area contributed by atoms with Gasteiger partial charge >= 0.3 is 6.03 Å². The first kappa shape index (κ1) is 24.4. The predicted octanol–water partition coefficient (Wildman–Crippen LogP) is 4.51. The number of pyridine rings is 1. The van der Waals surface area contributed by atoms with E-state index >= 15 is 0 Å². The van der Waals surface area contributed by atoms with Crippen molar-refractivity contribution in [3.8, 4) is 0 Å². The van der Waals surface area contributed by atoms with Crippen LogP contribution in [-0.2, 0) is 17.8 Å². The Labute approximate surface area is 228 Å². The van der Waals surface area contributed by atoms with Crippen LogP contribution in [0.2, 0.25) is 5.02 Å². The van der Waals surface area contributed by atoms with Gasteiger partial charge in [0.25, 0.3) is 0 Å². The van der Waals surface area contributed by atoms with E-state index in [1.165, 1.54) is 12.8 Å². The first-order valence-electron chi connectivity index (χ1n) is 14.1. The molecule has 4 bridgehead atoms. The van der Waals surface area contributed by atoms with Gasteiger partial charge in [-0.25, -0.2) is 4.79 Å². The fraction of sp³-hybridized carbons (Fsp3) is 0.567. The third-order valence-electron chi connectivity index (χ3n) is 9.91. The molecule has 2 aliphatic heterocycles. The van der Waals surface area contributed by atoms with E-state index in [1.54, 1.807) is 17.3 Å². The normalized spacial score (nSPS) is 34.2. The molecule has 3 atom stereocenters. The van der Waals surface area contributed by atoms with Gasteiger partial charge in [0.15, 0.2) is 0 Å². The highest BCUT2D eigenvalue weighted by atomic mass is 35.5. The Bertz CT molecular complexity index is 1240. The Morgan fingerprint density at radius 1 is 1.05 bits per heavy atom. The number of nitrogens with zero attached hydrogens (tertiary/aromatic N) is 4. The number of aromatic nitrogens is 1. The van der Waals surface area contributed by atoms with Crippen LogP contribution >= 0.6 is 11.6 Å². The molecule has 6 aliphatic rings. The first-order chi connectivity index (χ1) is 18.4. The topological polar surface area (TPSA) is 77.0 Å². The lowest BCUT2D eigenvalue weighted by molar-refractivity contribution is -0.168. The van der Waals surface area contributed by atoms with Crippen LogP contribution < -0.4 is 4.90 Å². The molecule has 8 heteroatoms. The average Bonchev–Trinajstić information content (AvgIpc) is 3.42. The molecular weight excluding hydrogens is 500 g/mol. The van der Waals surface area contributed by atoms with Crippen molar-refractivity contribution in [1.82, 2.24) is 14.8 Å². The van der Waals surface area contributed by atoms with E-state index in [4.69, 9.17) is 11.6 Å². The van der Waals surface area contributed by atoms with E-state index in [0.29, 0.717) is 54.9 Å². The maximum atomic E-state index is 13.6. The molecule has 38 heavy (non-hydrogen) atoms. The second kappa shape index (κ2) is 9.23. The van der Waals surface area contributed by atoms with Crippen LogP contribution in [0.3, 0.4) is 0 Å². The number of carbonyl (C=O) groups is 2. The number of benzene rings is 1. The zero-order chi connectivity index (χ0) is 26.0. The highest BCUT2D eigenvalue weighted by Gasteiger charge is 2.57. The summed E-state index contributed by atoms with van der Waals surface area (Å²) in [6, 6.07) is 9.96. The minimum Gasteiger partial charge on any atom is -0.390 e. The maximum absolute atomic E-state index is 13.6. The van der Waals surface area contributed by atoms with E-state index in [-0.39, 0.29) is 17.9 Å². The van der Waals surface area contributed by atoms with Crippen LogP contribution in [-0.4, -0.2) is 63.1 Å². The van der Waals surface area contributed by atoms with Crippen molar-refractivity contribution >= 4 is 29.2 Å². The van der Waals surface area contributed by atoms with Crippen LogP contribution in [0.25, 0.3) is 0 Å². The molecule has 8 rings (SSSR count). The molecule has 4 aliphatic carbocycles. The number of anilines is 1. The Kier molecular flexibility index (Phi) is 5.93. The molecule has 0 spiro atoms. The van der Waals surface area contributed by atoms with Gasteiger partial charge in [0.05, 0.1) is 5.60 Å². The number of rotatable bonds is 6. The second-order valence-corrected chi connectivity index (χ2v) is 12.8. The Hall–Kier alpha value is -2.64. The maximum Gasteiger partial charge on any atom is 0.324 e. The highest BCUT2D eigenvalue weighted by Crippen LogP contribution is 2.57. The van der Waals surface area contributed by atoms with Gasteiger partial charge in [-0.05, 0) is 92.0 Å². The molecule has 1 aromatic carbocycles. The lowest BCUT2D eigenvalue weighted by atomic mass is 9.52. The minimum atomic E-state index is -0.475. The number of likely N-dealkylation sites (tertiary alicyclic amines) is 1. The third kappa shape index (κ3) is 4.19. The van der Waals surface area contributed by atoms with Gasteiger partial charge in [-0.15, -0.1) is 0 Å². The smallest absolute Gasteiger partial charge is 0.324 e. The van der Waals surface area contributed by atoms with Crippen LogP contribution in [0.15, 0.2) is 42.7 Å². The van der Waals surface area contributed by atoms with Crippen LogP contribution in [0.1, 0.15) is 49.7 Å². The van der Waals surface area contributed by atoms with Crippen molar-refractivity contribution < 1.29 is 14.7 Å². The van der Waals surface area contributed by atoms with E-state index in [9.17, 15) is 14.7 Å². The summed E-state index contributed by atoms with van der Waals surface area (Å²) in [5.74, 6) is 1.75. The van der Waals surface area contributed by atoms with Gasteiger partial charge in [-0.2, -0.15) is 0 Å². The van der Waals surface area contributed by atoms with E-state index in [1.807, 2.05) is 35.2 Å². The predicted molar refractivity (Wildman–Crippen MR) is 145 cm³/mol. The summed E-state index contributed by atoms with van der Waals surface area (Å²) in [6.07, 6.45) is 10.0. The minimum absolute atomic E-state index is 0.0281. The Morgan fingerprint density at radius 2 is 1.87 bits per heavy atom. The number of hydrogen-bond donors (Lipinski definition) is 1. The van der Waals surface area contributed by atoms with Gasteiger partial charge in [-0.3, -0.25) is 14.7 Å². The van der Waals surface area contributed by atoms with Gasteiger partial charge in [-0.1, -0.05) is 23.7 Å². The van der Waals surface area contributed by atoms with Crippen molar-refractivity contribution in [1.29, 1.82) is 0 Å². The Balaban J connectivity index is 1.00. The van der Waals surface area contributed by atoms with Crippen molar-refractivity contribution in [2.45, 2.75) is 63.1 Å². The van der Waals surface area contributed by atoms with Crippen molar-refractivity contribution in [2.24, 2.45) is 23.7 Å². The Morgan fingerprint density at radius 3 is 2.58 bits per heavy atom. The molecule has 3 amide bonds. The molecule has 3 heterocycles. The lowest BCUT2D eigenvalue weighted by Gasteiger charge is -2.59. The van der Waals surface area contributed by atoms with Crippen LogP contribution in [0, 0.1) is 23.7 Å². The summed E-state index contributed by atoms with van der Waals surface area (Å²) in [7, 11) is 0. The number of urea groups is 1. The third-order valence-corrected chi connectivity index (χ3v) is 10.3. The highest BCUT2D eigenvalue weighted by molar-refractivity contribution is 6.31. The van der Waals surface area contributed by atoms with Gasteiger partial charge in [0.2, 0.25) is 5.91 Å². The molecular formula is C30H35ClN4O3. The fourth-order valence-corrected chi connectivity index (χ4v) is 8.78. The van der Waals surface area contributed by atoms with E-state index in [0.717, 1.165) is 49.0 Å². The van der Waals surface area contributed by atoms with Crippen molar-refractivity contribution in [3.05, 3.63) is 58.9 Å². The standard InChI is InChI=1S/C30H35ClN4O3/c31-26-13-25(34-9-8-33(29(34)37)18-19-2-1-6-32-17-19)4-3-21(26)12-22-5-7-35(28(22)36)27-23-10-20-11-24(27)16-30(38,14-20)15-23/h1-4,6,13,17,20,22-24,27,38H,5,7-12,14-16,18H2. The summed E-state index contributed by atoms with van der Waals surface area (Å²) in [4.78, 5) is 36.6. The molecule has 2 saturated heterocycles. The summed E-state index contributed by atoms with van der Waals surface area (Å²) >= 11 is 6.73. The van der Waals surface area contributed by atoms with Gasteiger partial charge in [0.1, 0.15) is 0 Å². The number of halogens is 1. The molecule has 4 saturated carbocycles. The zero-order valence-electron chi connectivity index (χ0n) is 21.6. The average molecular weight is 535 g/mol. The van der Waals surface area contributed by atoms with E-state index < -0.39 is 5.60 Å². The first-order valence-corrected chi connectivity index (χ1v) is 14.5. The summed E-state index contributed by atoms with van der Waals surface area (Å²) < 4.78 is 0.